The number of carbonyl (C=O) groups is 2. The van der Waals surface area contributed by atoms with Gasteiger partial charge in [0, 0.05) is 6.54 Å². The number of hydrogen-bond donors (Lipinski definition) is 1. The average molecular weight is 394 g/mol. The molecule has 0 fully saturated rings. The van der Waals surface area contributed by atoms with Crippen LogP contribution < -0.4 is 19.5 Å². The molecule has 0 aromatic heterocycles. The van der Waals surface area contributed by atoms with Crippen molar-refractivity contribution in [1.82, 2.24) is 5.32 Å². The quantitative estimate of drug-likeness (QED) is 0.436. The molecule has 1 N–H and O–H groups in total. The molecule has 3 rings (SSSR count). The van der Waals surface area contributed by atoms with Crippen LogP contribution in [0.2, 0.25) is 0 Å². The highest BCUT2D eigenvalue weighted by Crippen LogP contribution is 2.32. The fourth-order valence-electron chi connectivity index (χ4n) is 2.55. The van der Waals surface area contributed by atoms with E-state index in [1.54, 1.807) is 48.5 Å². The van der Waals surface area contributed by atoms with Gasteiger partial charge in [-0.15, -0.1) is 0 Å². The molecule has 0 radical (unpaired) electrons. The number of carbonyl (C=O) groups excluding carboxylic acids is 2. The highest BCUT2D eigenvalue weighted by atomic mass is 16.7. The summed E-state index contributed by atoms with van der Waals surface area (Å²) < 4.78 is 20.5. The number of fused-ring (bicyclic) bond motifs is 1. The summed E-state index contributed by atoms with van der Waals surface area (Å²) in [7, 11) is 1.52. The van der Waals surface area contributed by atoms with Crippen LogP contribution in [-0.2, 0) is 20.9 Å². The van der Waals surface area contributed by atoms with Gasteiger partial charge in [-0.1, -0.05) is 18.2 Å². The largest absolute Gasteiger partial charge is 0.497 e. The Hall–Kier alpha value is -3.99. The number of methoxy groups -OCH3 is 1. The number of nitrogens with one attached hydrogen (secondary N) is 1. The van der Waals surface area contributed by atoms with Gasteiger partial charge in [0.2, 0.25) is 6.79 Å². The second-order valence-corrected chi connectivity index (χ2v) is 5.99. The molecule has 0 spiro atoms. The zero-order chi connectivity index (χ0) is 20.6. The van der Waals surface area contributed by atoms with E-state index in [4.69, 9.17) is 18.9 Å². The van der Waals surface area contributed by atoms with Crippen molar-refractivity contribution in [1.29, 1.82) is 5.26 Å². The van der Waals surface area contributed by atoms with E-state index >= 15 is 0 Å². The minimum atomic E-state index is -0.881. The van der Waals surface area contributed by atoms with E-state index in [2.05, 4.69) is 5.32 Å². The Morgan fingerprint density at radius 2 is 2.03 bits per heavy atom. The molecule has 8 nitrogen and oxygen atoms in total. The maximum atomic E-state index is 12.1. The third-order valence-electron chi connectivity index (χ3n) is 4.01. The summed E-state index contributed by atoms with van der Waals surface area (Å²) in [6.07, 6.45) is 1.37. The van der Waals surface area contributed by atoms with Gasteiger partial charge in [-0.3, -0.25) is 4.79 Å². The monoisotopic (exact) mass is 394 g/mol. The standard InChI is InChI=1S/C21H18N2O6/c1-26-17-4-2-3-14(8-17)7-16(10-22)21(25)27-12-20(24)23-11-15-5-6-18-19(9-15)29-13-28-18/h2-9H,11-13H2,1H3,(H,23,24)/b16-7+. The number of ether oxygens (including phenoxy) is 4. The normalized spacial score (nSPS) is 12.1. The molecule has 1 aliphatic heterocycles. The predicted molar refractivity (Wildman–Crippen MR) is 102 cm³/mol. The summed E-state index contributed by atoms with van der Waals surface area (Å²) in [6.45, 7) is -0.0934. The van der Waals surface area contributed by atoms with Crippen LogP contribution in [0.1, 0.15) is 11.1 Å². The van der Waals surface area contributed by atoms with E-state index < -0.39 is 18.5 Å². The Labute approximate surface area is 167 Å². The van der Waals surface area contributed by atoms with E-state index in [1.807, 2.05) is 0 Å². The SMILES string of the molecule is COc1cccc(/C=C(\C#N)C(=O)OCC(=O)NCc2ccc3c(c2)OCO3)c1. The van der Waals surface area contributed by atoms with E-state index in [1.165, 1.54) is 13.2 Å². The molecular formula is C21H18N2O6. The molecule has 2 aromatic rings. The molecular weight excluding hydrogens is 376 g/mol. The number of benzene rings is 2. The van der Waals surface area contributed by atoms with Gasteiger partial charge in [-0.25, -0.2) is 4.79 Å². The van der Waals surface area contributed by atoms with Crippen LogP contribution in [0.4, 0.5) is 0 Å². The van der Waals surface area contributed by atoms with Crippen molar-refractivity contribution in [2.24, 2.45) is 0 Å². The summed E-state index contributed by atoms with van der Waals surface area (Å²) in [5.74, 6) is 0.487. The number of rotatable bonds is 7. The van der Waals surface area contributed by atoms with Crippen molar-refractivity contribution in [3.05, 3.63) is 59.2 Å². The van der Waals surface area contributed by atoms with Gasteiger partial charge < -0.3 is 24.3 Å². The fraction of sp³-hybridized carbons (Fsp3) is 0.190. The first-order valence-electron chi connectivity index (χ1n) is 8.67. The van der Waals surface area contributed by atoms with Crippen molar-refractivity contribution in [2.75, 3.05) is 20.5 Å². The van der Waals surface area contributed by atoms with Gasteiger partial charge in [0.1, 0.15) is 17.4 Å². The van der Waals surface area contributed by atoms with Gasteiger partial charge in [0.05, 0.1) is 7.11 Å². The lowest BCUT2D eigenvalue weighted by atomic mass is 10.1. The predicted octanol–water partition coefficient (Wildman–Crippen LogP) is 2.19. The van der Waals surface area contributed by atoms with Gasteiger partial charge in [-0.05, 0) is 41.5 Å². The van der Waals surface area contributed by atoms with Crippen LogP contribution in [0.5, 0.6) is 17.2 Å². The maximum Gasteiger partial charge on any atom is 0.349 e. The van der Waals surface area contributed by atoms with E-state index in [0.29, 0.717) is 22.8 Å². The first-order chi connectivity index (χ1) is 14.1. The zero-order valence-electron chi connectivity index (χ0n) is 15.6. The van der Waals surface area contributed by atoms with Gasteiger partial charge >= 0.3 is 5.97 Å². The Kier molecular flexibility index (Phi) is 6.32. The fourth-order valence-corrected chi connectivity index (χ4v) is 2.55. The highest BCUT2D eigenvalue weighted by molar-refractivity contribution is 5.98. The van der Waals surface area contributed by atoms with Crippen LogP contribution in [0.25, 0.3) is 6.08 Å². The molecule has 2 aromatic carbocycles. The Balaban J connectivity index is 1.51. The molecule has 1 heterocycles. The second-order valence-electron chi connectivity index (χ2n) is 5.99. The summed E-state index contributed by atoms with van der Waals surface area (Å²) in [5.41, 5.74) is 1.19. The first kappa shape index (κ1) is 19.8. The van der Waals surface area contributed by atoms with E-state index in [-0.39, 0.29) is 18.9 Å². The second kappa shape index (κ2) is 9.28. The van der Waals surface area contributed by atoms with E-state index in [9.17, 15) is 14.9 Å². The molecule has 0 atom stereocenters. The summed E-state index contributed by atoms with van der Waals surface area (Å²) in [5, 5.41) is 11.8. The lowest BCUT2D eigenvalue weighted by molar-refractivity contribution is -0.144. The molecule has 0 unspecified atom stereocenters. The van der Waals surface area contributed by atoms with Gasteiger partial charge in [0.25, 0.3) is 5.91 Å². The smallest absolute Gasteiger partial charge is 0.349 e. The van der Waals surface area contributed by atoms with Crippen molar-refractivity contribution in [2.45, 2.75) is 6.54 Å². The van der Waals surface area contributed by atoms with Crippen LogP contribution >= 0.6 is 0 Å². The minimum Gasteiger partial charge on any atom is -0.497 e. The number of amides is 1. The Bertz CT molecular complexity index is 993. The topological polar surface area (TPSA) is 107 Å². The third-order valence-corrected chi connectivity index (χ3v) is 4.01. The molecule has 29 heavy (non-hydrogen) atoms. The lowest BCUT2D eigenvalue weighted by Crippen LogP contribution is -2.28. The van der Waals surface area contributed by atoms with E-state index in [0.717, 1.165) is 5.56 Å². The van der Waals surface area contributed by atoms with Crippen LogP contribution in [-0.4, -0.2) is 32.4 Å². The lowest BCUT2D eigenvalue weighted by Gasteiger charge is -2.07. The summed E-state index contributed by atoms with van der Waals surface area (Å²) in [6, 6.07) is 14.0. The number of esters is 1. The van der Waals surface area contributed by atoms with Crippen molar-refractivity contribution in [3.63, 3.8) is 0 Å². The maximum absolute atomic E-state index is 12.1. The Morgan fingerprint density at radius 1 is 1.21 bits per heavy atom. The average Bonchev–Trinajstić information content (AvgIpc) is 3.22. The Morgan fingerprint density at radius 3 is 2.83 bits per heavy atom. The highest BCUT2D eigenvalue weighted by Gasteiger charge is 2.15. The molecule has 1 aliphatic rings. The van der Waals surface area contributed by atoms with Crippen LogP contribution in [0, 0.1) is 11.3 Å². The molecule has 1 amide bonds. The number of hydrogen-bond acceptors (Lipinski definition) is 7. The van der Waals surface area contributed by atoms with Crippen molar-refractivity contribution < 1.29 is 28.5 Å². The van der Waals surface area contributed by atoms with Gasteiger partial charge in [0.15, 0.2) is 18.1 Å². The van der Waals surface area contributed by atoms with Crippen LogP contribution in [0.3, 0.4) is 0 Å². The molecule has 0 aliphatic carbocycles. The summed E-state index contributed by atoms with van der Waals surface area (Å²) >= 11 is 0. The molecule has 8 heteroatoms. The zero-order valence-corrected chi connectivity index (χ0v) is 15.6. The van der Waals surface area contributed by atoms with Crippen LogP contribution in [0.15, 0.2) is 48.0 Å². The minimum absolute atomic E-state index is 0.172. The molecule has 148 valence electrons. The molecule has 0 saturated carbocycles. The number of nitriles is 1. The van der Waals surface area contributed by atoms with Gasteiger partial charge in [-0.2, -0.15) is 5.26 Å². The van der Waals surface area contributed by atoms with Crippen molar-refractivity contribution >= 4 is 18.0 Å². The molecule has 0 saturated heterocycles. The molecule has 0 bridgehead atoms. The number of nitrogens with zero attached hydrogens (tertiary/aromatic N) is 1. The summed E-state index contributed by atoms with van der Waals surface area (Å²) in [4.78, 5) is 24.0. The third kappa shape index (κ3) is 5.26. The van der Waals surface area contributed by atoms with Crippen molar-refractivity contribution in [3.8, 4) is 23.3 Å². The first-order valence-corrected chi connectivity index (χ1v) is 8.67.